The molecule has 1 aromatic carbocycles. The highest BCUT2D eigenvalue weighted by Crippen LogP contribution is 2.11. The van der Waals surface area contributed by atoms with Crippen molar-refractivity contribution in [2.75, 3.05) is 0 Å². The molecule has 0 N–H and O–H groups in total. The maximum atomic E-state index is 9.75. The van der Waals surface area contributed by atoms with Crippen LogP contribution in [0.3, 0.4) is 0 Å². The van der Waals surface area contributed by atoms with Crippen LogP contribution < -0.4 is 0 Å². The van der Waals surface area contributed by atoms with E-state index in [1.165, 1.54) is 5.56 Å². The van der Waals surface area contributed by atoms with Crippen molar-refractivity contribution in [3.8, 4) is 0 Å². The maximum Gasteiger partial charge on any atom is 0.673 e. The quantitative estimate of drug-likeness (QED) is 0.480. The normalized spacial score (nSPS) is 10.8. The van der Waals surface area contributed by atoms with Gasteiger partial charge < -0.3 is 17.3 Å². The summed E-state index contributed by atoms with van der Waals surface area (Å²) in [6.45, 7) is 4.41. The van der Waals surface area contributed by atoms with Gasteiger partial charge in [0.05, 0.1) is 0 Å². The highest BCUT2D eigenvalue weighted by atomic mass is 19.5. The molecule has 0 aliphatic carbocycles. The molecule has 0 aliphatic rings. The maximum absolute atomic E-state index is 9.75. The summed E-state index contributed by atoms with van der Waals surface area (Å²) in [4.78, 5) is 0. The smallest absolute Gasteiger partial charge is 0.418 e. The Morgan fingerprint density at radius 1 is 0.929 bits per heavy atom. The third kappa shape index (κ3) is 9.10. The van der Waals surface area contributed by atoms with Crippen molar-refractivity contribution in [2.24, 2.45) is 0 Å². The van der Waals surface area contributed by atoms with Gasteiger partial charge in [0.15, 0.2) is 0 Å². The molecule has 1 aromatic rings. The molecule has 0 radical (unpaired) electrons. The first-order valence-corrected chi connectivity index (χ1v) is 4.23. The van der Waals surface area contributed by atoms with Crippen LogP contribution in [0.2, 0.25) is 0 Å². The first kappa shape index (κ1) is 13.0. The van der Waals surface area contributed by atoms with Crippen molar-refractivity contribution < 1.29 is 17.3 Å². The van der Waals surface area contributed by atoms with E-state index in [9.17, 15) is 17.3 Å². The van der Waals surface area contributed by atoms with Gasteiger partial charge in [-0.05, 0) is 11.5 Å². The van der Waals surface area contributed by atoms with Crippen molar-refractivity contribution in [1.29, 1.82) is 0 Å². The molecular formula is C9H12BF4-. The zero-order valence-corrected chi connectivity index (χ0v) is 8.05. The number of halogens is 4. The van der Waals surface area contributed by atoms with E-state index in [1.807, 2.05) is 6.07 Å². The summed E-state index contributed by atoms with van der Waals surface area (Å²) in [7, 11) is -6.00. The summed E-state index contributed by atoms with van der Waals surface area (Å²) >= 11 is 0. The Balaban J connectivity index is 0.000000292. The van der Waals surface area contributed by atoms with Crippen LogP contribution in [0.4, 0.5) is 17.3 Å². The molecule has 80 valence electrons. The molecule has 0 bridgehead atoms. The van der Waals surface area contributed by atoms with Gasteiger partial charge in [0.1, 0.15) is 0 Å². The molecule has 0 saturated heterocycles. The molecule has 0 saturated carbocycles. The highest BCUT2D eigenvalue weighted by molar-refractivity contribution is 6.50. The van der Waals surface area contributed by atoms with E-state index in [-0.39, 0.29) is 0 Å². The van der Waals surface area contributed by atoms with Gasteiger partial charge in [-0.15, -0.1) is 0 Å². The first-order chi connectivity index (χ1) is 6.30. The molecule has 0 atom stereocenters. The van der Waals surface area contributed by atoms with Crippen molar-refractivity contribution in [3.63, 3.8) is 0 Å². The van der Waals surface area contributed by atoms with Crippen molar-refractivity contribution >= 4 is 7.25 Å². The number of rotatable bonds is 1. The summed E-state index contributed by atoms with van der Waals surface area (Å²) < 4.78 is 39.0. The van der Waals surface area contributed by atoms with Crippen LogP contribution in [0, 0.1) is 0 Å². The molecule has 14 heavy (non-hydrogen) atoms. The molecule has 1 rings (SSSR count). The molecular weight excluding hydrogens is 195 g/mol. The van der Waals surface area contributed by atoms with E-state index in [0.717, 1.165) is 0 Å². The molecule has 0 aromatic heterocycles. The van der Waals surface area contributed by atoms with Gasteiger partial charge in [0.2, 0.25) is 0 Å². The lowest BCUT2D eigenvalue weighted by molar-refractivity contribution is 0.368. The van der Waals surface area contributed by atoms with Gasteiger partial charge in [-0.25, -0.2) is 0 Å². The van der Waals surface area contributed by atoms with E-state index in [0.29, 0.717) is 5.92 Å². The standard InChI is InChI=1S/C9H12.BF4/c1-8(2)9-6-4-3-5-7-9;2-1(3,4)5/h3-8H,1-2H3;/q;-1. The zero-order valence-electron chi connectivity index (χ0n) is 8.05. The predicted molar refractivity (Wildman–Crippen MR) is 50.7 cm³/mol. The second-order valence-corrected chi connectivity index (χ2v) is 3.06. The van der Waals surface area contributed by atoms with Gasteiger partial charge in [0.25, 0.3) is 0 Å². The zero-order chi connectivity index (χ0) is 11.2. The number of hydrogen-bond donors (Lipinski definition) is 0. The Bertz CT molecular complexity index is 237. The van der Waals surface area contributed by atoms with Gasteiger partial charge in [0, 0.05) is 0 Å². The minimum Gasteiger partial charge on any atom is -0.418 e. The van der Waals surface area contributed by atoms with Crippen LogP contribution >= 0.6 is 0 Å². The molecule has 0 unspecified atom stereocenters. The Morgan fingerprint density at radius 2 is 1.29 bits per heavy atom. The third-order valence-corrected chi connectivity index (χ3v) is 1.47. The fourth-order valence-corrected chi connectivity index (χ4v) is 0.838. The molecule has 0 spiro atoms. The lowest BCUT2D eigenvalue weighted by Gasteiger charge is -2.01. The lowest BCUT2D eigenvalue weighted by atomic mass is 10.0. The summed E-state index contributed by atoms with van der Waals surface area (Å²) in [6, 6.07) is 10.5. The Hall–Kier alpha value is -0.995. The monoisotopic (exact) mass is 207 g/mol. The molecule has 5 heteroatoms. The van der Waals surface area contributed by atoms with Crippen molar-refractivity contribution in [1.82, 2.24) is 0 Å². The van der Waals surface area contributed by atoms with Crippen LogP contribution in [0.1, 0.15) is 25.3 Å². The van der Waals surface area contributed by atoms with Crippen molar-refractivity contribution in [3.05, 3.63) is 35.9 Å². The van der Waals surface area contributed by atoms with Gasteiger partial charge in [-0.3, -0.25) is 0 Å². The SMILES string of the molecule is CC(C)c1ccccc1.F[B-](F)(F)F. The van der Waals surface area contributed by atoms with Gasteiger partial charge in [-0.2, -0.15) is 0 Å². The van der Waals surface area contributed by atoms with Gasteiger partial charge in [-0.1, -0.05) is 44.2 Å². The molecule has 0 aliphatic heterocycles. The largest absolute Gasteiger partial charge is 0.673 e. The second-order valence-electron chi connectivity index (χ2n) is 3.06. The summed E-state index contributed by atoms with van der Waals surface area (Å²) in [5.74, 6) is 0.659. The third-order valence-electron chi connectivity index (χ3n) is 1.47. The fraction of sp³-hybridized carbons (Fsp3) is 0.333. The lowest BCUT2D eigenvalue weighted by Crippen LogP contribution is -2.02. The van der Waals surface area contributed by atoms with E-state index in [1.54, 1.807) is 0 Å². The van der Waals surface area contributed by atoms with Crippen LogP contribution in [0.25, 0.3) is 0 Å². The second kappa shape index (κ2) is 5.68. The molecule has 0 heterocycles. The van der Waals surface area contributed by atoms with Crippen LogP contribution in [-0.4, -0.2) is 7.25 Å². The molecule has 0 amide bonds. The van der Waals surface area contributed by atoms with E-state index >= 15 is 0 Å². The van der Waals surface area contributed by atoms with E-state index in [2.05, 4.69) is 38.1 Å². The molecule has 0 fully saturated rings. The van der Waals surface area contributed by atoms with Crippen molar-refractivity contribution in [2.45, 2.75) is 19.8 Å². The minimum atomic E-state index is -6.00. The Morgan fingerprint density at radius 3 is 1.50 bits per heavy atom. The number of hydrogen-bond acceptors (Lipinski definition) is 0. The van der Waals surface area contributed by atoms with Crippen LogP contribution in [-0.2, 0) is 0 Å². The van der Waals surface area contributed by atoms with E-state index < -0.39 is 7.25 Å². The fourth-order valence-electron chi connectivity index (χ4n) is 0.838. The first-order valence-electron chi connectivity index (χ1n) is 4.23. The number of benzene rings is 1. The Kier molecular flexibility index (Phi) is 5.27. The summed E-state index contributed by atoms with van der Waals surface area (Å²) in [6.07, 6.45) is 0. The van der Waals surface area contributed by atoms with Gasteiger partial charge >= 0.3 is 7.25 Å². The van der Waals surface area contributed by atoms with Crippen LogP contribution in [0.5, 0.6) is 0 Å². The van der Waals surface area contributed by atoms with Crippen LogP contribution in [0.15, 0.2) is 30.3 Å². The average Bonchev–Trinajstić information content (AvgIpc) is 2.03. The molecule has 0 nitrogen and oxygen atoms in total. The summed E-state index contributed by atoms with van der Waals surface area (Å²) in [5, 5.41) is 0. The predicted octanol–water partition coefficient (Wildman–Crippen LogP) is 4.11. The average molecular weight is 207 g/mol. The topological polar surface area (TPSA) is 0 Å². The summed E-state index contributed by atoms with van der Waals surface area (Å²) in [5.41, 5.74) is 1.41. The Labute approximate surface area is 81.0 Å². The minimum absolute atomic E-state index is 0.659. The van der Waals surface area contributed by atoms with E-state index in [4.69, 9.17) is 0 Å². The highest BCUT2D eigenvalue weighted by Gasteiger charge is 2.20.